The maximum atomic E-state index is 13.1. The highest BCUT2D eigenvalue weighted by Gasteiger charge is 2.52. The van der Waals surface area contributed by atoms with Crippen LogP contribution in [-0.4, -0.2) is 64.2 Å². The average molecular weight is 451 g/mol. The van der Waals surface area contributed by atoms with Crippen LogP contribution in [0.5, 0.6) is 0 Å². The molecule has 1 aliphatic carbocycles. The summed E-state index contributed by atoms with van der Waals surface area (Å²) in [7, 11) is 0. The zero-order chi connectivity index (χ0) is 23.3. The molecule has 0 bridgehead atoms. The van der Waals surface area contributed by atoms with Crippen LogP contribution in [0.3, 0.4) is 0 Å². The van der Waals surface area contributed by atoms with E-state index in [0.29, 0.717) is 19.4 Å². The average Bonchev–Trinajstić information content (AvgIpc) is 3.40. The van der Waals surface area contributed by atoms with Crippen LogP contribution in [0, 0.1) is 0 Å². The van der Waals surface area contributed by atoms with Crippen LogP contribution in [0.2, 0.25) is 0 Å². The monoisotopic (exact) mass is 450 g/mol. The van der Waals surface area contributed by atoms with Crippen molar-refractivity contribution in [1.82, 2.24) is 9.80 Å². The number of hydrogen-bond acceptors (Lipinski definition) is 5. The second kappa shape index (κ2) is 8.06. The van der Waals surface area contributed by atoms with Crippen molar-refractivity contribution in [2.75, 3.05) is 13.2 Å². The number of ether oxygens (including phenoxy) is 2. The van der Waals surface area contributed by atoms with E-state index in [-0.39, 0.29) is 24.6 Å². The molecule has 2 saturated heterocycles. The van der Waals surface area contributed by atoms with Crippen LogP contribution < -0.4 is 0 Å². The van der Waals surface area contributed by atoms with Crippen molar-refractivity contribution in [3.63, 3.8) is 0 Å². The molecule has 3 atom stereocenters. The molecule has 2 aromatic rings. The maximum absolute atomic E-state index is 13.1. The molecule has 0 aromatic heterocycles. The van der Waals surface area contributed by atoms with Crippen molar-refractivity contribution in [1.29, 1.82) is 0 Å². The summed E-state index contributed by atoms with van der Waals surface area (Å²) in [6.07, 6.45) is -1.03. The molecule has 2 amide bonds. The third kappa shape index (κ3) is 3.84. The predicted octanol–water partition coefficient (Wildman–Crippen LogP) is 4.34. The number of rotatable bonds is 2. The standard InChI is InChI=1S/C26H30N2O5/c1-26(2,3)33-25(31)28-21-12-13-27(22(21)14-23(28)29)24(30)32-15-20-18-10-6-4-8-16(18)17-9-5-7-11-19(17)20/h4-11,20-23,29H,12-15H2,1-3H3/t21-,22+,23?/m1/s1. The van der Waals surface area contributed by atoms with Gasteiger partial charge in [0.2, 0.25) is 0 Å². The Kier molecular flexibility index (Phi) is 5.32. The summed E-state index contributed by atoms with van der Waals surface area (Å²) in [5, 5.41) is 10.5. The number of carbonyl (C=O) groups excluding carboxylic acids is 2. The lowest BCUT2D eigenvalue weighted by molar-refractivity contribution is -0.0242. The molecule has 0 radical (unpaired) electrons. The Balaban J connectivity index is 1.27. The van der Waals surface area contributed by atoms with E-state index in [1.807, 2.05) is 24.3 Å². The van der Waals surface area contributed by atoms with Gasteiger partial charge in [-0.2, -0.15) is 0 Å². The molecule has 2 fully saturated rings. The SMILES string of the molecule is CC(C)(C)OC(=O)N1C(O)C[C@H]2[C@H]1CCN2C(=O)OCC1c2ccccc2-c2ccccc21. The molecule has 7 heteroatoms. The Morgan fingerprint density at radius 3 is 2.18 bits per heavy atom. The van der Waals surface area contributed by atoms with Crippen molar-refractivity contribution in [2.45, 2.75) is 63.4 Å². The lowest BCUT2D eigenvalue weighted by atomic mass is 9.98. The quantitative estimate of drug-likeness (QED) is 0.736. The van der Waals surface area contributed by atoms with Gasteiger partial charge in [0.05, 0.1) is 12.1 Å². The van der Waals surface area contributed by atoms with Gasteiger partial charge in [0, 0.05) is 18.9 Å². The van der Waals surface area contributed by atoms with E-state index in [0.717, 1.165) is 11.1 Å². The van der Waals surface area contributed by atoms with Crippen molar-refractivity contribution < 1.29 is 24.2 Å². The van der Waals surface area contributed by atoms with Gasteiger partial charge in [0.25, 0.3) is 0 Å². The summed E-state index contributed by atoms with van der Waals surface area (Å²) in [5.41, 5.74) is 4.04. The Bertz CT molecular complexity index is 1030. The Labute approximate surface area is 193 Å². The van der Waals surface area contributed by atoms with Gasteiger partial charge in [-0.25, -0.2) is 9.59 Å². The van der Waals surface area contributed by atoms with E-state index in [1.54, 1.807) is 25.7 Å². The van der Waals surface area contributed by atoms with E-state index in [4.69, 9.17) is 9.47 Å². The van der Waals surface area contributed by atoms with E-state index < -0.39 is 24.0 Å². The minimum absolute atomic E-state index is 0.00724. The minimum atomic E-state index is -0.973. The molecule has 33 heavy (non-hydrogen) atoms. The summed E-state index contributed by atoms with van der Waals surface area (Å²) in [6, 6.07) is 15.9. The summed E-state index contributed by atoms with van der Waals surface area (Å²) in [5.74, 6) is -0.00724. The fourth-order valence-electron chi connectivity index (χ4n) is 5.47. The van der Waals surface area contributed by atoms with Gasteiger partial charge in [0.15, 0.2) is 0 Å². The molecule has 0 saturated carbocycles. The van der Waals surface area contributed by atoms with E-state index in [1.165, 1.54) is 16.0 Å². The molecule has 1 N–H and O–H groups in total. The van der Waals surface area contributed by atoms with Gasteiger partial charge >= 0.3 is 12.2 Å². The molecule has 0 spiro atoms. The molecular weight excluding hydrogens is 420 g/mol. The number of aliphatic hydroxyl groups is 1. The van der Waals surface area contributed by atoms with Crippen molar-refractivity contribution in [3.05, 3.63) is 59.7 Å². The van der Waals surface area contributed by atoms with Gasteiger partial charge in [-0.3, -0.25) is 4.90 Å². The summed E-state index contributed by atoms with van der Waals surface area (Å²) in [6.45, 7) is 6.12. The Morgan fingerprint density at radius 1 is 0.970 bits per heavy atom. The lowest BCUT2D eigenvalue weighted by Gasteiger charge is -2.29. The summed E-state index contributed by atoms with van der Waals surface area (Å²) >= 11 is 0. The highest BCUT2D eigenvalue weighted by molar-refractivity contribution is 5.79. The number of aliphatic hydroxyl groups excluding tert-OH is 1. The maximum Gasteiger partial charge on any atom is 0.412 e. The zero-order valence-electron chi connectivity index (χ0n) is 19.2. The van der Waals surface area contributed by atoms with E-state index in [2.05, 4.69) is 24.3 Å². The Hall–Kier alpha value is -3.06. The van der Waals surface area contributed by atoms with Gasteiger partial charge in [0.1, 0.15) is 18.4 Å². The molecule has 2 aliphatic heterocycles. The number of fused-ring (bicyclic) bond motifs is 4. The Morgan fingerprint density at radius 2 is 1.58 bits per heavy atom. The van der Waals surface area contributed by atoms with Gasteiger partial charge in [-0.05, 0) is 49.4 Å². The van der Waals surface area contributed by atoms with Crippen LogP contribution in [0.15, 0.2) is 48.5 Å². The molecular formula is C26H30N2O5. The van der Waals surface area contributed by atoms with E-state index in [9.17, 15) is 14.7 Å². The highest BCUT2D eigenvalue weighted by Crippen LogP contribution is 2.44. The number of likely N-dealkylation sites (tertiary alicyclic amines) is 2. The minimum Gasteiger partial charge on any atom is -0.448 e. The number of hydrogen-bond donors (Lipinski definition) is 1. The first-order valence-corrected chi connectivity index (χ1v) is 11.6. The van der Waals surface area contributed by atoms with E-state index >= 15 is 0 Å². The molecule has 3 aliphatic rings. The molecule has 7 nitrogen and oxygen atoms in total. The van der Waals surface area contributed by atoms with Crippen molar-refractivity contribution >= 4 is 12.2 Å². The summed E-state index contributed by atoms with van der Waals surface area (Å²) in [4.78, 5) is 28.7. The first-order valence-electron chi connectivity index (χ1n) is 11.6. The smallest absolute Gasteiger partial charge is 0.412 e. The second-order valence-electron chi connectivity index (χ2n) is 10.0. The molecule has 2 heterocycles. The van der Waals surface area contributed by atoms with Crippen LogP contribution in [0.4, 0.5) is 9.59 Å². The third-order valence-electron chi connectivity index (χ3n) is 6.82. The van der Waals surface area contributed by atoms with Gasteiger partial charge in [-0.15, -0.1) is 0 Å². The molecule has 5 rings (SSSR count). The third-order valence-corrected chi connectivity index (χ3v) is 6.82. The van der Waals surface area contributed by atoms with Crippen LogP contribution in [0.25, 0.3) is 11.1 Å². The van der Waals surface area contributed by atoms with Crippen LogP contribution >= 0.6 is 0 Å². The fraction of sp³-hybridized carbons (Fsp3) is 0.462. The predicted molar refractivity (Wildman–Crippen MR) is 123 cm³/mol. The topological polar surface area (TPSA) is 79.3 Å². The van der Waals surface area contributed by atoms with Crippen LogP contribution in [-0.2, 0) is 9.47 Å². The summed E-state index contributed by atoms with van der Waals surface area (Å²) < 4.78 is 11.3. The lowest BCUT2D eigenvalue weighted by Crippen LogP contribution is -2.45. The number of carbonyl (C=O) groups is 2. The normalized spacial score (nSPS) is 23.8. The van der Waals surface area contributed by atoms with Gasteiger partial charge in [-0.1, -0.05) is 48.5 Å². The highest BCUT2D eigenvalue weighted by atomic mass is 16.6. The molecule has 174 valence electrons. The van der Waals surface area contributed by atoms with Crippen molar-refractivity contribution in [3.8, 4) is 11.1 Å². The van der Waals surface area contributed by atoms with Crippen LogP contribution in [0.1, 0.15) is 50.7 Å². The number of benzene rings is 2. The number of nitrogens with zero attached hydrogens (tertiary/aromatic N) is 2. The van der Waals surface area contributed by atoms with Crippen molar-refractivity contribution in [2.24, 2.45) is 0 Å². The molecule has 1 unspecified atom stereocenters. The first kappa shape index (κ1) is 21.8. The largest absolute Gasteiger partial charge is 0.448 e. The number of amides is 2. The second-order valence-corrected chi connectivity index (χ2v) is 10.0. The molecule has 2 aromatic carbocycles. The fourth-order valence-corrected chi connectivity index (χ4v) is 5.47. The van der Waals surface area contributed by atoms with Gasteiger partial charge < -0.3 is 19.5 Å². The zero-order valence-corrected chi connectivity index (χ0v) is 19.2. The first-order chi connectivity index (χ1) is 15.7.